The first kappa shape index (κ1) is 29.5. The highest BCUT2D eigenvalue weighted by molar-refractivity contribution is 6.11. The molecule has 0 spiro atoms. The van der Waals surface area contributed by atoms with Gasteiger partial charge in [-0.3, -0.25) is 0 Å². The van der Waals surface area contributed by atoms with Crippen LogP contribution in [0.5, 0.6) is 0 Å². The van der Waals surface area contributed by atoms with Crippen molar-refractivity contribution in [2.75, 3.05) is 0 Å². The molecule has 0 unspecified atom stereocenters. The van der Waals surface area contributed by atoms with Crippen molar-refractivity contribution < 1.29 is 0 Å². The molecule has 49 heavy (non-hydrogen) atoms. The first-order valence-electron chi connectivity index (χ1n) is 16.2. The molecule has 4 nitrogen and oxygen atoms in total. The van der Waals surface area contributed by atoms with E-state index < -0.39 is 0 Å². The fourth-order valence-corrected chi connectivity index (χ4v) is 7.21. The molecule has 4 heteroatoms. The predicted octanol–water partition coefficient (Wildman–Crippen LogP) is 11.3. The summed E-state index contributed by atoms with van der Waals surface area (Å²) in [5.74, 6) is 0. The van der Waals surface area contributed by atoms with Crippen molar-refractivity contribution in [2.24, 2.45) is 0 Å². The third kappa shape index (κ3) is 4.75. The molecule has 8 rings (SSSR count). The number of nitrogens with zero attached hydrogens (tertiary/aromatic N) is 4. The molecule has 0 aliphatic heterocycles. The molecule has 0 atom stereocenters. The molecule has 0 radical (unpaired) electrons. The zero-order chi connectivity index (χ0) is 33.5. The SMILES string of the molecule is C=C/C=C\c1c(C)c2ccccc2n1-c1cccc(-c2cc(C#N)ccc2-c2ccccc2-n2c3ccccc3c3cccc(C#N)c32)c1. The van der Waals surface area contributed by atoms with Gasteiger partial charge in [-0.2, -0.15) is 10.5 Å². The average Bonchev–Trinajstić information content (AvgIpc) is 3.65. The van der Waals surface area contributed by atoms with Gasteiger partial charge in [-0.1, -0.05) is 104 Å². The number of aromatic nitrogens is 2. The van der Waals surface area contributed by atoms with Crippen molar-refractivity contribution in [1.29, 1.82) is 10.5 Å². The summed E-state index contributed by atoms with van der Waals surface area (Å²) in [5.41, 5.74) is 12.4. The zero-order valence-electron chi connectivity index (χ0n) is 26.9. The van der Waals surface area contributed by atoms with Gasteiger partial charge >= 0.3 is 0 Å². The van der Waals surface area contributed by atoms with Crippen LogP contribution >= 0.6 is 0 Å². The lowest BCUT2D eigenvalue weighted by atomic mass is 9.91. The normalized spacial score (nSPS) is 11.3. The smallest absolute Gasteiger partial charge is 0.101 e. The summed E-state index contributed by atoms with van der Waals surface area (Å²) in [5, 5.41) is 23.6. The van der Waals surface area contributed by atoms with Gasteiger partial charge in [-0.05, 0) is 83.8 Å². The number of para-hydroxylation sites is 4. The van der Waals surface area contributed by atoms with E-state index >= 15 is 0 Å². The Hall–Kier alpha value is -6.88. The maximum Gasteiger partial charge on any atom is 0.101 e. The van der Waals surface area contributed by atoms with E-state index in [4.69, 9.17) is 0 Å². The Labute approximate surface area is 285 Å². The van der Waals surface area contributed by atoms with Gasteiger partial charge in [0.15, 0.2) is 0 Å². The lowest BCUT2D eigenvalue weighted by Gasteiger charge is -2.18. The second kappa shape index (κ2) is 12.0. The second-order valence-corrected chi connectivity index (χ2v) is 12.1. The molecule has 8 aromatic rings. The highest BCUT2D eigenvalue weighted by Crippen LogP contribution is 2.41. The van der Waals surface area contributed by atoms with Crippen LogP contribution < -0.4 is 0 Å². The van der Waals surface area contributed by atoms with Crippen LogP contribution in [0, 0.1) is 29.6 Å². The van der Waals surface area contributed by atoms with Crippen LogP contribution in [0.1, 0.15) is 22.4 Å². The Morgan fingerprint density at radius 2 is 1.33 bits per heavy atom. The molecule has 0 aliphatic rings. The van der Waals surface area contributed by atoms with Crippen LogP contribution in [-0.2, 0) is 0 Å². The third-order valence-corrected chi connectivity index (χ3v) is 9.38. The summed E-state index contributed by atoms with van der Waals surface area (Å²) in [7, 11) is 0. The third-order valence-electron chi connectivity index (χ3n) is 9.38. The maximum absolute atomic E-state index is 10.2. The Morgan fingerprint density at radius 1 is 0.612 bits per heavy atom. The van der Waals surface area contributed by atoms with Crippen LogP contribution in [-0.4, -0.2) is 9.13 Å². The van der Waals surface area contributed by atoms with Crippen LogP contribution in [0.2, 0.25) is 0 Å². The Bertz CT molecular complexity index is 2720. The lowest BCUT2D eigenvalue weighted by molar-refractivity contribution is 1.10. The summed E-state index contributed by atoms with van der Waals surface area (Å²) in [4.78, 5) is 0. The van der Waals surface area contributed by atoms with E-state index in [1.54, 1.807) is 6.08 Å². The second-order valence-electron chi connectivity index (χ2n) is 12.1. The predicted molar refractivity (Wildman–Crippen MR) is 202 cm³/mol. The van der Waals surface area contributed by atoms with Crippen molar-refractivity contribution in [3.63, 3.8) is 0 Å². The Kier molecular flexibility index (Phi) is 7.26. The highest BCUT2D eigenvalue weighted by Gasteiger charge is 2.20. The van der Waals surface area contributed by atoms with Crippen LogP contribution in [0.25, 0.3) is 72.4 Å². The summed E-state index contributed by atoms with van der Waals surface area (Å²) in [6.07, 6.45) is 5.87. The molecule has 0 amide bonds. The number of hydrogen-bond donors (Lipinski definition) is 0. The van der Waals surface area contributed by atoms with Gasteiger partial charge < -0.3 is 9.13 Å². The van der Waals surface area contributed by atoms with Gasteiger partial charge in [0.1, 0.15) is 6.07 Å². The maximum atomic E-state index is 10.2. The topological polar surface area (TPSA) is 57.4 Å². The molecule has 2 heterocycles. The van der Waals surface area contributed by atoms with E-state index in [1.165, 1.54) is 10.9 Å². The minimum Gasteiger partial charge on any atom is -0.310 e. The fourth-order valence-electron chi connectivity index (χ4n) is 7.21. The molecule has 0 fully saturated rings. The number of nitriles is 2. The number of allylic oxidation sites excluding steroid dienone is 2. The van der Waals surface area contributed by atoms with E-state index in [0.29, 0.717) is 11.1 Å². The van der Waals surface area contributed by atoms with Gasteiger partial charge in [-0.15, -0.1) is 0 Å². The van der Waals surface area contributed by atoms with Crippen LogP contribution in [0.15, 0.2) is 152 Å². The van der Waals surface area contributed by atoms with E-state index in [0.717, 1.165) is 66.6 Å². The molecule has 6 aromatic carbocycles. The van der Waals surface area contributed by atoms with E-state index in [1.807, 2.05) is 60.7 Å². The molecule has 0 N–H and O–H groups in total. The summed E-state index contributed by atoms with van der Waals surface area (Å²) in [6, 6.07) is 50.2. The largest absolute Gasteiger partial charge is 0.310 e. The minimum atomic E-state index is 0.585. The standard InChI is InChI=1S/C45H30N4/c1-3-4-20-41-30(2)35-16-5-8-21-42(35)48(41)34-15-11-13-32(27-34)40-26-31(28-46)24-25-36(40)37-17-6-9-22-43(37)49-44-23-10-7-18-38(44)39-19-12-14-33(29-47)45(39)49/h3-27H,1H2,2H3/b20-4-. The first-order chi connectivity index (χ1) is 24.1. The van der Waals surface area contributed by atoms with Crippen molar-refractivity contribution in [1.82, 2.24) is 9.13 Å². The summed E-state index contributed by atoms with van der Waals surface area (Å²) >= 11 is 0. The van der Waals surface area contributed by atoms with Crippen LogP contribution in [0.4, 0.5) is 0 Å². The minimum absolute atomic E-state index is 0.585. The Morgan fingerprint density at radius 3 is 2.12 bits per heavy atom. The number of hydrogen-bond acceptors (Lipinski definition) is 2. The van der Waals surface area contributed by atoms with E-state index in [9.17, 15) is 10.5 Å². The molecule has 0 bridgehead atoms. The van der Waals surface area contributed by atoms with Crippen LogP contribution in [0.3, 0.4) is 0 Å². The Balaban J connectivity index is 1.39. The van der Waals surface area contributed by atoms with Gasteiger partial charge in [0, 0.05) is 33.1 Å². The van der Waals surface area contributed by atoms with E-state index in [2.05, 4.69) is 120 Å². The highest BCUT2D eigenvalue weighted by atomic mass is 15.0. The van der Waals surface area contributed by atoms with E-state index in [-0.39, 0.29) is 0 Å². The lowest BCUT2D eigenvalue weighted by Crippen LogP contribution is -2.00. The monoisotopic (exact) mass is 626 g/mol. The molecule has 2 aromatic heterocycles. The number of benzene rings is 6. The summed E-state index contributed by atoms with van der Waals surface area (Å²) in [6.45, 7) is 6.05. The zero-order valence-corrected chi connectivity index (χ0v) is 26.9. The van der Waals surface area contributed by atoms with Gasteiger partial charge in [-0.25, -0.2) is 0 Å². The van der Waals surface area contributed by atoms with Gasteiger partial charge in [0.2, 0.25) is 0 Å². The average molecular weight is 627 g/mol. The molecular weight excluding hydrogens is 597 g/mol. The van der Waals surface area contributed by atoms with Gasteiger partial charge in [0.25, 0.3) is 0 Å². The molecule has 0 saturated carbocycles. The quantitative estimate of drug-likeness (QED) is 0.172. The molecule has 230 valence electrons. The molecule has 0 saturated heterocycles. The molecule has 0 aliphatic carbocycles. The number of rotatable bonds is 6. The van der Waals surface area contributed by atoms with Crippen molar-refractivity contribution in [3.8, 4) is 45.8 Å². The number of aryl methyl sites for hydroxylation is 1. The first-order valence-corrected chi connectivity index (χ1v) is 16.2. The van der Waals surface area contributed by atoms with Gasteiger partial charge in [0.05, 0.1) is 39.4 Å². The van der Waals surface area contributed by atoms with Crippen molar-refractivity contribution in [3.05, 3.63) is 175 Å². The molecular formula is C45H30N4. The summed E-state index contributed by atoms with van der Waals surface area (Å²) < 4.78 is 4.50. The number of fused-ring (bicyclic) bond motifs is 4. The van der Waals surface area contributed by atoms with Crippen molar-refractivity contribution in [2.45, 2.75) is 6.92 Å². The fraction of sp³-hybridized carbons (Fsp3) is 0.0222. The van der Waals surface area contributed by atoms with Crippen molar-refractivity contribution >= 4 is 38.8 Å².